The third-order valence-corrected chi connectivity index (χ3v) is 2.91. The molecule has 0 aromatic carbocycles. The third kappa shape index (κ3) is 4.76. The summed E-state index contributed by atoms with van der Waals surface area (Å²) in [5.41, 5.74) is -0.718. The summed E-state index contributed by atoms with van der Waals surface area (Å²) in [4.78, 5) is 10.6. The zero-order chi connectivity index (χ0) is 14.0. The first kappa shape index (κ1) is 14.5. The van der Waals surface area contributed by atoms with Gasteiger partial charge in [0.2, 0.25) is 15.8 Å². The van der Waals surface area contributed by atoms with E-state index in [1.807, 2.05) is 0 Å². The number of sulfonamides is 1. The number of hydrogen-bond donors (Lipinski definition) is 3. The van der Waals surface area contributed by atoms with E-state index < -0.39 is 21.5 Å². The topological polar surface area (TPSA) is 109 Å². The van der Waals surface area contributed by atoms with Crippen LogP contribution in [-0.4, -0.2) is 37.8 Å². The van der Waals surface area contributed by atoms with Crippen molar-refractivity contribution in [2.45, 2.75) is 19.4 Å². The van der Waals surface area contributed by atoms with Crippen molar-refractivity contribution in [3.63, 3.8) is 0 Å². The molecule has 7 nitrogen and oxygen atoms in total. The molecule has 18 heavy (non-hydrogen) atoms. The summed E-state index contributed by atoms with van der Waals surface area (Å²) >= 11 is 0. The molecule has 102 valence electrons. The van der Waals surface area contributed by atoms with E-state index in [0.29, 0.717) is 0 Å². The summed E-state index contributed by atoms with van der Waals surface area (Å²) in [6.45, 7) is 3.65. The summed E-state index contributed by atoms with van der Waals surface area (Å²) in [6, 6.07) is 2.79. The predicted octanol–water partition coefficient (Wildman–Crippen LogP) is 0.718. The van der Waals surface area contributed by atoms with Crippen molar-refractivity contribution in [3.05, 3.63) is 17.9 Å². The van der Waals surface area contributed by atoms with Gasteiger partial charge in [-0.1, -0.05) is 0 Å². The quantitative estimate of drug-likeness (QED) is 0.706. The maximum Gasteiger partial charge on any atom is 0.371 e. The van der Waals surface area contributed by atoms with Gasteiger partial charge in [-0.2, -0.15) is 0 Å². The Morgan fingerprint density at radius 1 is 1.44 bits per heavy atom. The van der Waals surface area contributed by atoms with Gasteiger partial charge in [-0.15, -0.1) is 0 Å². The maximum absolute atomic E-state index is 11.1. The molecule has 3 N–H and O–H groups in total. The van der Waals surface area contributed by atoms with Crippen molar-refractivity contribution in [1.82, 2.24) is 4.72 Å². The Morgan fingerprint density at radius 2 is 2.06 bits per heavy atom. The maximum atomic E-state index is 11.1. The SMILES string of the molecule is CC(C)(CNc1ccc(C(=O)O)o1)NS(C)(=O)=O. The second-order valence-electron chi connectivity index (χ2n) is 4.58. The lowest BCUT2D eigenvalue weighted by Gasteiger charge is -2.25. The fraction of sp³-hybridized carbons (Fsp3) is 0.500. The number of carboxylic acid groups (broad SMARTS) is 1. The Kier molecular flexibility index (Phi) is 4.02. The molecule has 1 heterocycles. The number of rotatable bonds is 6. The molecular weight excluding hydrogens is 260 g/mol. The summed E-state index contributed by atoms with van der Waals surface area (Å²) in [7, 11) is -3.31. The van der Waals surface area contributed by atoms with E-state index in [4.69, 9.17) is 9.52 Å². The molecule has 0 fully saturated rings. The van der Waals surface area contributed by atoms with Crippen LogP contribution < -0.4 is 10.0 Å². The molecule has 0 spiro atoms. The molecule has 0 aliphatic rings. The molecule has 0 amide bonds. The second kappa shape index (κ2) is 4.99. The molecule has 1 aromatic rings. The van der Waals surface area contributed by atoms with Crippen LogP contribution in [-0.2, 0) is 10.0 Å². The summed E-state index contributed by atoms with van der Waals surface area (Å²) in [5.74, 6) is -1.06. The van der Waals surface area contributed by atoms with Crippen LogP contribution in [0, 0.1) is 0 Å². The lowest BCUT2D eigenvalue weighted by molar-refractivity contribution is 0.0663. The van der Waals surface area contributed by atoms with Gasteiger partial charge in [-0.25, -0.2) is 17.9 Å². The van der Waals surface area contributed by atoms with Crippen molar-refractivity contribution in [2.24, 2.45) is 0 Å². The van der Waals surface area contributed by atoms with E-state index in [9.17, 15) is 13.2 Å². The smallest absolute Gasteiger partial charge is 0.371 e. The number of hydrogen-bond acceptors (Lipinski definition) is 5. The van der Waals surface area contributed by atoms with Gasteiger partial charge < -0.3 is 14.8 Å². The minimum absolute atomic E-state index is 0.175. The molecule has 8 heteroatoms. The molecule has 0 radical (unpaired) electrons. The van der Waals surface area contributed by atoms with Crippen LogP contribution in [0.2, 0.25) is 0 Å². The zero-order valence-corrected chi connectivity index (χ0v) is 11.2. The van der Waals surface area contributed by atoms with E-state index in [1.165, 1.54) is 12.1 Å². The Bertz CT molecular complexity index is 532. The van der Waals surface area contributed by atoms with Crippen LogP contribution in [0.5, 0.6) is 0 Å². The third-order valence-electron chi connectivity index (χ3n) is 1.98. The lowest BCUT2D eigenvalue weighted by atomic mass is 10.1. The highest BCUT2D eigenvalue weighted by Gasteiger charge is 2.22. The van der Waals surface area contributed by atoms with Crippen LogP contribution in [0.15, 0.2) is 16.5 Å². The first-order chi connectivity index (χ1) is 8.09. The fourth-order valence-electron chi connectivity index (χ4n) is 1.39. The van der Waals surface area contributed by atoms with E-state index in [1.54, 1.807) is 13.8 Å². The predicted molar refractivity (Wildman–Crippen MR) is 66.2 cm³/mol. The zero-order valence-electron chi connectivity index (χ0n) is 10.4. The van der Waals surface area contributed by atoms with Gasteiger partial charge in [-0.05, 0) is 19.9 Å². The van der Waals surface area contributed by atoms with Gasteiger partial charge in [0.05, 0.1) is 6.26 Å². The standard InChI is InChI=1S/C10H16N2O5S/c1-10(2,12-18(3,15)16)6-11-8-5-4-7(17-8)9(13)14/h4-5,11-12H,6H2,1-3H3,(H,13,14). The van der Waals surface area contributed by atoms with Gasteiger partial charge >= 0.3 is 5.97 Å². The van der Waals surface area contributed by atoms with Gasteiger partial charge in [0.15, 0.2) is 5.88 Å². The highest BCUT2D eigenvalue weighted by Crippen LogP contribution is 2.14. The molecule has 0 saturated carbocycles. The molecular formula is C10H16N2O5S. The van der Waals surface area contributed by atoms with Gasteiger partial charge in [0.1, 0.15) is 0 Å². The molecule has 1 aromatic heterocycles. The highest BCUT2D eigenvalue weighted by molar-refractivity contribution is 7.88. The van der Waals surface area contributed by atoms with E-state index in [0.717, 1.165) is 6.26 Å². The van der Waals surface area contributed by atoms with Crippen molar-refractivity contribution >= 4 is 21.9 Å². The highest BCUT2D eigenvalue weighted by atomic mass is 32.2. The number of nitrogens with one attached hydrogen (secondary N) is 2. The minimum atomic E-state index is -3.31. The number of carbonyl (C=O) groups is 1. The Labute approximate surface area is 105 Å². The van der Waals surface area contributed by atoms with Crippen LogP contribution in [0.3, 0.4) is 0 Å². The molecule has 0 unspecified atom stereocenters. The molecule has 0 saturated heterocycles. The first-order valence-corrected chi connectivity index (χ1v) is 7.04. The number of carboxylic acids is 1. The normalized spacial score (nSPS) is 12.4. The Morgan fingerprint density at radius 3 is 2.50 bits per heavy atom. The molecule has 1 rings (SSSR count). The van der Waals surface area contributed by atoms with Crippen molar-refractivity contribution in [3.8, 4) is 0 Å². The van der Waals surface area contributed by atoms with Crippen LogP contribution in [0.1, 0.15) is 24.4 Å². The van der Waals surface area contributed by atoms with Crippen LogP contribution in [0.25, 0.3) is 0 Å². The average molecular weight is 276 g/mol. The van der Waals surface area contributed by atoms with Crippen LogP contribution >= 0.6 is 0 Å². The van der Waals surface area contributed by atoms with Crippen molar-refractivity contribution in [2.75, 3.05) is 18.1 Å². The van der Waals surface area contributed by atoms with E-state index in [-0.39, 0.29) is 18.2 Å². The van der Waals surface area contributed by atoms with E-state index in [2.05, 4.69) is 10.0 Å². The molecule has 0 bridgehead atoms. The fourth-order valence-corrected chi connectivity index (χ4v) is 2.47. The Hall–Kier alpha value is -1.54. The Balaban J connectivity index is 2.61. The summed E-state index contributed by atoms with van der Waals surface area (Å²) < 4.78 is 29.7. The average Bonchev–Trinajstić information content (AvgIpc) is 2.59. The monoisotopic (exact) mass is 276 g/mol. The van der Waals surface area contributed by atoms with Gasteiger partial charge in [-0.3, -0.25) is 0 Å². The molecule has 0 aliphatic heterocycles. The van der Waals surface area contributed by atoms with Crippen molar-refractivity contribution < 1.29 is 22.7 Å². The summed E-state index contributed by atoms with van der Waals surface area (Å²) in [6.07, 6.45) is 1.07. The van der Waals surface area contributed by atoms with Gasteiger partial charge in [0, 0.05) is 18.2 Å². The number of aromatic carboxylic acids is 1. The first-order valence-electron chi connectivity index (χ1n) is 5.15. The number of anilines is 1. The largest absolute Gasteiger partial charge is 0.475 e. The summed E-state index contributed by atoms with van der Waals surface area (Å²) in [5, 5.41) is 11.5. The van der Waals surface area contributed by atoms with Crippen LogP contribution in [0.4, 0.5) is 5.88 Å². The second-order valence-corrected chi connectivity index (χ2v) is 6.33. The molecule has 0 aliphatic carbocycles. The van der Waals surface area contributed by atoms with E-state index >= 15 is 0 Å². The van der Waals surface area contributed by atoms with Crippen molar-refractivity contribution in [1.29, 1.82) is 0 Å². The lowest BCUT2D eigenvalue weighted by Crippen LogP contribution is -2.47. The molecule has 0 atom stereocenters. The van der Waals surface area contributed by atoms with Gasteiger partial charge in [0.25, 0.3) is 0 Å². The minimum Gasteiger partial charge on any atom is -0.475 e. The number of furan rings is 1.